The van der Waals surface area contributed by atoms with Crippen LogP contribution in [0.15, 0.2) is 72.3 Å². The molecule has 1 aliphatic rings. The second-order valence-electron chi connectivity index (χ2n) is 8.01. The smallest absolute Gasteiger partial charge is 0.290 e. The molecule has 0 spiro atoms. The average molecular weight is 460 g/mol. The van der Waals surface area contributed by atoms with E-state index in [4.69, 9.17) is 0 Å². The molecule has 1 aliphatic heterocycles. The molecule has 9 nitrogen and oxygen atoms in total. The maximum atomic E-state index is 13.5. The lowest BCUT2D eigenvalue weighted by Crippen LogP contribution is -2.49. The number of hydrogen-bond acceptors (Lipinski definition) is 7. The number of ketones is 1. The number of fused-ring (bicyclic) bond motifs is 1. The van der Waals surface area contributed by atoms with E-state index in [0.29, 0.717) is 17.6 Å². The molecule has 174 valence electrons. The minimum Gasteiger partial charge on any atom is -0.503 e. The first-order valence-electron chi connectivity index (χ1n) is 11.0. The Bertz CT molecular complexity index is 1270. The van der Waals surface area contributed by atoms with Gasteiger partial charge in [-0.25, -0.2) is 5.48 Å². The van der Waals surface area contributed by atoms with E-state index < -0.39 is 35.4 Å². The molecule has 4 rings (SSSR count). The van der Waals surface area contributed by atoms with Gasteiger partial charge in [0.05, 0.1) is 16.8 Å². The zero-order valence-corrected chi connectivity index (χ0v) is 18.5. The van der Waals surface area contributed by atoms with Crippen LogP contribution in [0.1, 0.15) is 48.3 Å². The first kappa shape index (κ1) is 23.1. The molecule has 1 aromatic carbocycles. The molecule has 2 atom stereocenters. The predicted molar refractivity (Wildman–Crippen MR) is 123 cm³/mol. The highest BCUT2D eigenvalue weighted by Gasteiger charge is 2.49. The number of unbranched alkanes of at least 4 members (excludes halogenated alkanes) is 1. The van der Waals surface area contributed by atoms with Crippen molar-refractivity contribution in [2.45, 2.75) is 38.3 Å². The standard InChI is InChI=1S/C25H24N4O5/c1-2-3-8-19(24(32)28-34)29-21(18-10-9-15-6-4-5-7-17(15)27-18)20(23(31)25(29)33)22(30)16-11-13-26-14-12-16/h4-7,9-14,19,21,31,34H,2-3,8H2,1H3,(H,28,32). The molecule has 0 bridgehead atoms. The fraction of sp³-hybridized carbons (Fsp3) is 0.240. The van der Waals surface area contributed by atoms with E-state index in [2.05, 4.69) is 9.97 Å². The Morgan fingerprint density at radius 2 is 1.85 bits per heavy atom. The normalized spacial score (nSPS) is 16.7. The topological polar surface area (TPSA) is 133 Å². The number of aliphatic hydroxyl groups is 1. The number of hydroxylamine groups is 1. The first-order valence-corrected chi connectivity index (χ1v) is 11.0. The molecule has 9 heteroatoms. The summed E-state index contributed by atoms with van der Waals surface area (Å²) < 4.78 is 0. The number of para-hydroxylation sites is 1. The van der Waals surface area contributed by atoms with Crippen molar-refractivity contribution in [2.75, 3.05) is 0 Å². The largest absolute Gasteiger partial charge is 0.503 e. The summed E-state index contributed by atoms with van der Waals surface area (Å²) in [6, 6.07) is 11.5. The van der Waals surface area contributed by atoms with Crippen LogP contribution in [0, 0.1) is 0 Å². The van der Waals surface area contributed by atoms with Crippen LogP contribution in [-0.4, -0.2) is 48.8 Å². The second kappa shape index (κ2) is 9.80. The molecule has 2 unspecified atom stereocenters. The van der Waals surface area contributed by atoms with E-state index in [0.717, 1.165) is 16.7 Å². The molecule has 0 fully saturated rings. The number of benzene rings is 1. The predicted octanol–water partition coefficient (Wildman–Crippen LogP) is 3.27. The lowest BCUT2D eigenvalue weighted by Gasteiger charge is -2.32. The molecule has 2 amide bonds. The number of amides is 2. The Morgan fingerprint density at radius 1 is 1.12 bits per heavy atom. The summed E-state index contributed by atoms with van der Waals surface area (Å²) in [5.41, 5.74) is 2.62. The lowest BCUT2D eigenvalue weighted by atomic mass is 9.94. The number of aromatic nitrogens is 2. The Hall–Kier alpha value is -4.11. The van der Waals surface area contributed by atoms with Gasteiger partial charge in [0.15, 0.2) is 11.5 Å². The zero-order chi connectivity index (χ0) is 24.2. The van der Waals surface area contributed by atoms with Crippen LogP contribution in [0.4, 0.5) is 0 Å². The van der Waals surface area contributed by atoms with Crippen LogP contribution in [0.3, 0.4) is 0 Å². The van der Waals surface area contributed by atoms with Crippen LogP contribution in [0.5, 0.6) is 0 Å². The fourth-order valence-corrected chi connectivity index (χ4v) is 4.23. The third kappa shape index (κ3) is 4.13. The number of hydrogen-bond donors (Lipinski definition) is 3. The molecule has 0 saturated carbocycles. The molecule has 34 heavy (non-hydrogen) atoms. The van der Waals surface area contributed by atoms with E-state index in [1.807, 2.05) is 25.1 Å². The zero-order valence-electron chi connectivity index (χ0n) is 18.5. The van der Waals surface area contributed by atoms with E-state index in [1.54, 1.807) is 23.7 Å². The average Bonchev–Trinajstić information content (AvgIpc) is 3.14. The highest BCUT2D eigenvalue weighted by Crippen LogP contribution is 2.41. The van der Waals surface area contributed by atoms with Crippen molar-refractivity contribution < 1.29 is 24.7 Å². The van der Waals surface area contributed by atoms with Crippen molar-refractivity contribution in [1.82, 2.24) is 20.3 Å². The van der Waals surface area contributed by atoms with Gasteiger partial charge in [0, 0.05) is 23.3 Å². The summed E-state index contributed by atoms with van der Waals surface area (Å²) in [5, 5.41) is 21.1. The van der Waals surface area contributed by atoms with E-state index in [9.17, 15) is 24.7 Å². The molecular formula is C25H24N4O5. The number of Topliss-reactive ketones (excluding diaryl/α,β-unsaturated/α-hetero) is 1. The molecule has 3 heterocycles. The fourth-order valence-electron chi connectivity index (χ4n) is 4.23. The molecular weight excluding hydrogens is 436 g/mol. The summed E-state index contributed by atoms with van der Waals surface area (Å²) in [7, 11) is 0. The number of carbonyl (C=O) groups is 3. The Kier molecular flexibility index (Phi) is 6.65. The van der Waals surface area contributed by atoms with Gasteiger partial charge in [-0.3, -0.25) is 29.6 Å². The van der Waals surface area contributed by atoms with Crippen LogP contribution >= 0.6 is 0 Å². The van der Waals surface area contributed by atoms with Gasteiger partial charge in [-0.2, -0.15) is 0 Å². The monoisotopic (exact) mass is 460 g/mol. The van der Waals surface area contributed by atoms with Crippen molar-refractivity contribution in [3.05, 3.63) is 83.5 Å². The maximum Gasteiger partial charge on any atom is 0.290 e. The number of rotatable bonds is 8. The van der Waals surface area contributed by atoms with Crippen molar-refractivity contribution >= 4 is 28.5 Å². The SMILES string of the molecule is CCCCC(C(=O)NO)N1C(=O)C(O)=C(C(=O)c2ccncc2)C1c1ccc2ccccc2n1. The summed E-state index contributed by atoms with van der Waals surface area (Å²) >= 11 is 0. The molecule has 0 aliphatic carbocycles. The highest BCUT2D eigenvalue weighted by molar-refractivity contribution is 6.16. The van der Waals surface area contributed by atoms with Crippen molar-refractivity contribution in [3.63, 3.8) is 0 Å². The van der Waals surface area contributed by atoms with E-state index in [-0.39, 0.29) is 17.6 Å². The van der Waals surface area contributed by atoms with Gasteiger partial charge >= 0.3 is 0 Å². The van der Waals surface area contributed by atoms with Crippen LogP contribution in [-0.2, 0) is 9.59 Å². The van der Waals surface area contributed by atoms with Gasteiger partial charge < -0.3 is 10.0 Å². The summed E-state index contributed by atoms with van der Waals surface area (Å²) in [4.78, 5) is 49.1. The van der Waals surface area contributed by atoms with Gasteiger partial charge in [0.25, 0.3) is 11.8 Å². The Labute approximate surface area is 195 Å². The number of pyridine rings is 2. The summed E-state index contributed by atoms with van der Waals surface area (Å²) in [6.45, 7) is 1.93. The van der Waals surface area contributed by atoms with Gasteiger partial charge in [0.2, 0.25) is 0 Å². The second-order valence-corrected chi connectivity index (χ2v) is 8.01. The van der Waals surface area contributed by atoms with E-state index >= 15 is 0 Å². The molecule has 0 saturated heterocycles. The Balaban J connectivity index is 1.89. The lowest BCUT2D eigenvalue weighted by molar-refractivity contribution is -0.144. The minimum absolute atomic E-state index is 0.175. The quantitative estimate of drug-likeness (QED) is 0.267. The summed E-state index contributed by atoms with van der Waals surface area (Å²) in [6.07, 6.45) is 4.41. The summed E-state index contributed by atoms with van der Waals surface area (Å²) in [5.74, 6) is -3.00. The van der Waals surface area contributed by atoms with Crippen molar-refractivity contribution in [1.29, 1.82) is 0 Å². The highest BCUT2D eigenvalue weighted by atomic mass is 16.5. The first-order chi connectivity index (χ1) is 16.5. The maximum absolute atomic E-state index is 13.5. The third-order valence-corrected chi connectivity index (χ3v) is 5.91. The number of aliphatic hydroxyl groups excluding tert-OH is 1. The van der Waals surface area contributed by atoms with Crippen molar-refractivity contribution in [2.24, 2.45) is 0 Å². The molecule has 3 N–H and O–H groups in total. The third-order valence-electron chi connectivity index (χ3n) is 5.91. The molecule has 2 aromatic heterocycles. The van der Waals surface area contributed by atoms with Gasteiger partial charge in [-0.15, -0.1) is 0 Å². The van der Waals surface area contributed by atoms with Gasteiger partial charge in [-0.05, 0) is 30.7 Å². The van der Waals surface area contributed by atoms with Crippen LogP contribution < -0.4 is 5.48 Å². The van der Waals surface area contributed by atoms with Gasteiger partial charge in [0.1, 0.15) is 12.1 Å². The number of nitrogens with one attached hydrogen (secondary N) is 1. The number of carbonyl (C=O) groups excluding carboxylic acids is 3. The molecule has 3 aromatic rings. The number of nitrogens with zero attached hydrogens (tertiary/aromatic N) is 3. The Morgan fingerprint density at radius 3 is 2.56 bits per heavy atom. The van der Waals surface area contributed by atoms with Crippen LogP contribution in [0.25, 0.3) is 10.9 Å². The van der Waals surface area contributed by atoms with Crippen LogP contribution in [0.2, 0.25) is 0 Å². The van der Waals surface area contributed by atoms with Gasteiger partial charge in [-0.1, -0.05) is 44.0 Å². The molecule has 0 radical (unpaired) electrons. The van der Waals surface area contributed by atoms with Crippen molar-refractivity contribution in [3.8, 4) is 0 Å². The van der Waals surface area contributed by atoms with E-state index in [1.165, 1.54) is 24.5 Å². The minimum atomic E-state index is -1.13.